The van der Waals surface area contributed by atoms with Crippen molar-refractivity contribution >= 4 is 0 Å². The van der Waals surface area contributed by atoms with Gasteiger partial charge in [-0.3, -0.25) is 0 Å². The second kappa shape index (κ2) is 3.42. The third kappa shape index (κ3) is 1.61. The maximum atomic E-state index is 9.22. The molecule has 2 heteroatoms. The van der Waals surface area contributed by atoms with E-state index < -0.39 is 6.10 Å². The van der Waals surface area contributed by atoms with Crippen LogP contribution in [-0.2, 0) is 4.74 Å². The van der Waals surface area contributed by atoms with Crippen LogP contribution in [0.5, 0.6) is 0 Å². The van der Waals surface area contributed by atoms with Crippen molar-refractivity contribution in [3.8, 4) is 0 Å². The van der Waals surface area contributed by atoms with Gasteiger partial charge in [0.05, 0.1) is 19.0 Å². The predicted molar refractivity (Wildman–Crippen MR) is 39.5 cm³/mol. The molecule has 0 aliphatic carbocycles. The molecule has 56 valence electrons. The van der Waals surface area contributed by atoms with Crippen molar-refractivity contribution in [3.05, 3.63) is 24.5 Å². The van der Waals surface area contributed by atoms with Crippen LogP contribution in [0, 0.1) is 0 Å². The maximum absolute atomic E-state index is 9.22. The summed E-state index contributed by atoms with van der Waals surface area (Å²) in [4.78, 5) is 0. The van der Waals surface area contributed by atoms with Gasteiger partial charge in [0.2, 0.25) is 0 Å². The van der Waals surface area contributed by atoms with Crippen LogP contribution in [0.2, 0.25) is 0 Å². The number of aliphatic hydroxyl groups excluding tert-OH is 1. The first-order valence-electron chi connectivity index (χ1n) is 3.46. The summed E-state index contributed by atoms with van der Waals surface area (Å²) in [6, 6.07) is 0. The molecule has 2 nitrogen and oxygen atoms in total. The lowest BCUT2D eigenvalue weighted by molar-refractivity contribution is 0.192. The van der Waals surface area contributed by atoms with E-state index in [9.17, 15) is 5.11 Å². The monoisotopic (exact) mass is 140 g/mol. The maximum Gasteiger partial charge on any atom is 0.0961 e. The van der Waals surface area contributed by atoms with E-state index in [1.54, 1.807) is 6.26 Å². The smallest absolute Gasteiger partial charge is 0.0961 e. The summed E-state index contributed by atoms with van der Waals surface area (Å²) >= 11 is 0. The zero-order valence-electron chi connectivity index (χ0n) is 5.92. The highest BCUT2D eigenvalue weighted by Gasteiger charge is 2.09. The normalized spacial score (nSPS) is 20.7. The van der Waals surface area contributed by atoms with Crippen LogP contribution in [0.4, 0.5) is 0 Å². The van der Waals surface area contributed by atoms with Gasteiger partial charge in [0, 0.05) is 0 Å². The molecule has 0 bridgehead atoms. The Balaban J connectivity index is 2.52. The SMILES string of the molecule is C=CC(O)C1=COCCC1. The van der Waals surface area contributed by atoms with Crippen LogP contribution >= 0.6 is 0 Å². The molecule has 1 atom stereocenters. The van der Waals surface area contributed by atoms with Gasteiger partial charge in [0.15, 0.2) is 0 Å². The van der Waals surface area contributed by atoms with Gasteiger partial charge in [-0.25, -0.2) is 0 Å². The topological polar surface area (TPSA) is 29.5 Å². The van der Waals surface area contributed by atoms with E-state index in [0.29, 0.717) is 0 Å². The van der Waals surface area contributed by atoms with E-state index >= 15 is 0 Å². The molecule has 0 saturated carbocycles. The van der Waals surface area contributed by atoms with Crippen LogP contribution in [0.25, 0.3) is 0 Å². The van der Waals surface area contributed by atoms with Gasteiger partial charge in [-0.15, -0.1) is 6.58 Å². The molecule has 1 aliphatic rings. The first-order valence-corrected chi connectivity index (χ1v) is 3.46. The molecule has 0 radical (unpaired) electrons. The van der Waals surface area contributed by atoms with E-state index in [-0.39, 0.29) is 0 Å². The van der Waals surface area contributed by atoms with Gasteiger partial charge in [-0.1, -0.05) is 6.08 Å². The van der Waals surface area contributed by atoms with Crippen LogP contribution < -0.4 is 0 Å². The van der Waals surface area contributed by atoms with Gasteiger partial charge < -0.3 is 9.84 Å². The molecule has 1 heterocycles. The van der Waals surface area contributed by atoms with Gasteiger partial charge in [0.1, 0.15) is 0 Å². The fraction of sp³-hybridized carbons (Fsp3) is 0.500. The average Bonchev–Trinajstić information content (AvgIpc) is 2.05. The summed E-state index contributed by atoms with van der Waals surface area (Å²) in [6.45, 7) is 4.26. The Hall–Kier alpha value is -0.760. The Morgan fingerprint density at radius 3 is 3.10 bits per heavy atom. The lowest BCUT2D eigenvalue weighted by Gasteiger charge is -2.15. The minimum Gasteiger partial charge on any atom is -0.501 e. The van der Waals surface area contributed by atoms with Crippen LogP contribution in [-0.4, -0.2) is 17.8 Å². The fourth-order valence-corrected chi connectivity index (χ4v) is 0.953. The highest BCUT2D eigenvalue weighted by Crippen LogP contribution is 2.15. The average molecular weight is 140 g/mol. The van der Waals surface area contributed by atoms with Gasteiger partial charge in [-0.2, -0.15) is 0 Å². The second-order valence-corrected chi connectivity index (χ2v) is 2.35. The second-order valence-electron chi connectivity index (χ2n) is 2.35. The molecule has 0 spiro atoms. The highest BCUT2D eigenvalue weighted by atomic mass is 16.5. The minimum absolute atomic E-state index is 0.514. The molecule has 0 saturated heterocycles. The fourth-order valence-electron chi connectivity index (χ4n) is 0.953. The quantitative estimate of drug-likeness (QED) is 0.584. The molecular formula is C8H12O2. The van der Waals surface area contributed by atoms with Crippen molar-refractivity contribution in [2.75, 3.05) is 6.61 Å². The van der Waals surface area contributed by atoms with E-state index in [0.717, 1.165) is 25.0 Å². The Bertz CT molecular complexity index is 149. The Labute approximate surface area is 60.8 Å². The zero-order chi connectivity index (χ0) is 7.40. The Kier molecular flexibility index (Phi) is 2.51. The summed E-state index contributed by atoms with van der Waals surface area (Å²) < 4.78 is 5.04. The number of rotatable bonds is 2. The molecule has 1 rings (SSSR count). The summed E-state index contributed by atoms with van der Waals surface area (Å²) in [5.74, 6) is 0. The van der Waals surface area contributed by atoms with Crippen molar-refractivity contribution in [3.63, 3.8) is 0 Å². The molecule has 0 aromatic rings. The summed E-state index contributed by atoms with van der Waals surface area (Å²) in [7, 11) is 0. The molecule has 1 N–H and O–H groups in total. The molecule has 1 unspecified atom stereocenters. The zero-order valence-corrected chi connectivity index (χ0v) is 5.92. The number of hydrogen-bond donors (Lipinski definition) is 1. The molecular weight excluding hydrogens is 128 g/mol. The molecule has 10 heavy (non-hydrogen) atoms. The summed E-state index contributed by atoms with van der Waals surface area (Å²) in [5.41, 5.74) is 0.932. The summed E-state index contributed by atoms with van der Waals surface area (Å²) in [6.07, 6.45) is 4.56. The number of aliphatic hydroxyl groups is 1. The van der Waals surface area contributed by atoms with Crippen molar-refractivity contribution in [2.45, 2.75) is 18.9 Å². The summed E-state index contributed by atoms with van der Waals surface area (Å²) in [5, 5.41) is 9.22. The van der Waals surface area contributed by atoms with Gasteiger partial charge in [0.25, 0.3) is 0 Å². The first-order chi connectivity index (χ1) is 4.84. The van der Waals surface area contributed by atoms with Crippen LogP contribution in [0.15, 0.2) is 24.5 Å². The highest BCUT2D eigenvalue weighted by molar-refractivity contribution is 5.12. The largest absolute Gasteiger partial charge is 0.501 e. The standard InChI is InChI=1S/C8H12O2/c1-2-8(9)7-4-3-5-10-6-7/h2,6,8-9H,1,3-5H2. The lowest BCUT2D eigenvalue weighted by Crippen LogP contribution is -2.11. The van der Waals surface area contributed by atoms with Gasteiger partial charge in [-0.05, 0) is 18.4 Å². The van der Waals surface area contributed by atoms with E-state index in [2.05, 4.69) is 6.58 Å². The Morgan fingerprint density at radius 2 is 2.60 bits per heavy atom. The number of hydrogen-bond acceptors (Lipinski definition) is 2. The predicted octanol–water partition coefficient (Wildman–Crippen LogP) is 1.23. The molecule has 0 amide bonds. The first kappa shape index (κ1) is 7.35. The van der Waals surface area contributed by atoms with Crippen molar-refractivity contribution in [1.82, 2.24) is 0 Å². The van der Waals surface area contributed by atoms with Crippen LogP contribution in [0.3, 0.4) is 0 Å². The third-order valence-corrected chi connectivity index (χ3v) is 1.57. The lowest BCUT2D eigenvalue weighted by atomic mass is 10.1. The van der Waals surface area contributed by atoms with Crippen molar-refractivity contribution in [1.29, 1.82) is 0 Å². The Morgan fingerprint density at radius 1 is 1.80 bits per heavy atom. The molecule has 0 aromatic heterocycles. The molecule has 0 aromatic carbocycles. The van der Waals surface area contributed by atoms with E-state index in [1.165, 1.54) is 6.08 Å². The minimum atomic E-state index is -0.514. The van der Waals surface area contributed by atoms with E-state index in [4.69, 9.17) is 4.74 Å². The van der Waals surface area contributed by atoms with Crippen molar-refractivity contribution in [2.24, 2.45) is 0 Å². The van der Waals surface area contributed by atoms with E-state index in [1.807, 2.05) is 0 Å². The third-order valence-electron chi connectivity index (χ3n) is 1.57. The number of ether oxygens (including phenoxy) is 1. The van der Waals surface area contributed by atoms with Crippen LogP contribution in [0.1, 0.15) is 12.8 Å². The molecule has 0 fully saturated rings. The molecule has 1 aliphatic heterocycles. The van der Waals surface area contributed by atoms with Gasteiger partial charge >= 0.3 is 0 Å². The van der Waals surface area contributed by atoms with Crippen molar-refractivity contribution < 1.29 is 9.84 Å².